The third-order valence-corrected chi connectivity index (χ3v) is 3.49. The summed E-state index contributed by atoms with van der Waals surface area (Å²) < 4.78 is 0. The molecular weight excluding hydrogens is 270 g/mol. The highest BCUT2D eigenvalue weighted by molar-refractivity contribution is 6.30. The monoisotopic (exact) mass is 289 g/mol. The van der Waals surface area contributed by atoms with Crippen molar-refractivity contribution >= 4 is 11.6 Å². The molecule has 0 spiro atoms. The molecule has 106 valence electrons. The van der Waals surface area contributed by atoms with Crippen molar-refractivity contribution in [3.63, 3.8) is 0 Å². The minimum absolute atomic E-state index is 0.320. The number of hydrogen-bond donors (Lipinski definition) is 2. The van der Waals surface area contributed by atoms with Crippen molar-refractivity contribution in [2.24, 2.45) is 0 Å². The Morgan fingerprint density at radius 1 is 1.05 bits per heavy atom. The molecule has 0 amide bonds. The van der Waals surface area contributed by atoms with Crippen molar-refractivity contribution in [3.05, 3.63) is 64.7 Å². The van der Waals surface area contributed by atoms with Crippen LogP contribution in [0.25, 0.3) is 0 Å². The van der Waals surface area contributed by atoms with Crippen molar-refractivity contribution < 1.29 is 5.11 Å². The van der Waals surface area contributed by atoms with Crippen LogP contribution in [-0.4, -0.2) is 17.7 Å². The summed E-state index contributed by atoms with van der Waals surface area (Å²) in [5.41, 5.74) is 2.36. The summed E-state index contributed by atoms with van der Waals surface area (Å²) in [7, 11) is 0. The Kier molecular flexibility index (Phi) is 5.45. The van der Waals surface area contributed by atoms with Gasteiger partial charge in [-0.1, -0.05) is 42.8 Å². The Hall–Kier alpha value is -1.51. The van der Waals surface area contributed by atoms with Gasteiger partial charge in [0.15, 0.2) is 0 Å². The predicted octanol–water partition coefficient (Wildman–Crippen LogP) is 3.81. The summed E-state index contributed by atoms with van der Waals surface area (Å²) in [4.78, 5) is 0. The molecule has 0 saturated carbocycles. The van der Waals surface area contributed by atoms with Crippen LogP contribution >= 0.6 is 11.6 Å². The molecule has 2 aromatic rings. The van der Waals surface area contributed by atoms with Crippen molar-refractivity contribution in [2.45, 2.75) is 25.8 Å². The normalized spacial score (nSPS) is 12.3. The first-order valence-corrected chi connectivity index (χ1v) is 7.31. The molecular formula is C17H20ClNO. The van der Waals surface area contributed by atoms with Gasteiger partial charge in [-0.3, -0.25) is 0 Å². The number of benzene rings is 2. The summed E-state index contributed by atoms with van der Waals surface area (Å²) in [6, 6.07) is 15.8. The lowest BCUT2D eigenvalue weighted by molar-refractivity contribution is 0.472. The summed E-state index contributed by atoms with van der Waals surface area (Å²) in [6.07, 6.45) is 1.80. The highest BCUT2D eigenvalue weighted by atomic mass is 35.5. The van der Waals surface area contributed by atoms with Crippen LogP contribution in [-0.2, 0) is 12.8 Å². The molecule has 3 heteroatoms. The van der Waals surface area contributed by atoms with Gasteiger partial charge < -0.3 is 10.4 Å². The molecule has 0 heterocycles. The molecule has 0 aromatic heterocycles. The second-order valence-corrected chi connectivity index (χ2v) is 5.40. The van der Waals surface area contributed by atoms with E-state index in [9.17, 15) is 5.11 Å². The summed E-state index contributed by atoms with van der Waals surface area (Å²) in [6.45, 7) is 3.03. The Bertz CT molecular complexity index is 509. The van der Waals surface area contributed by atoms with Crippen molar-refractivity contribution in [3.8, 4) is 5.75 Å². The van der Waals surface area contributed by atoms with Gasteiger partial charge in [0.1, 0.15) is 5.75 Å². The lowest BCUT2D eigenvalue weighted by Gasteiger charge is -2.18. The van der Waals surface area contributed by atoms with Crippen LogP contribution in [0.2, 0.25) is 5.02 Å². The minimum Gasteiger partial charge on any atom is -0.508 e. The van der Waals surface area contributed by atoms with Crippen molar-refractivity contribution in [1.82, 2.24) is 5.32 Å². The molecule has 1 atom stereocenters. The van der Waals surface area contributed by atoms with Crippen molar-refractivity contribution in [2.75, 3.05) is 6.54 Å². The molecule has 2 N–H and O–H groups in total. The second-order valence-electron chi connectivity index (χ2n) is 4.96. The topological polar surface area (TPSA) is 32.3 Å². The maximum Gasteiger partial charge on any atom is 0.115 e. The van der Waals surface area contributed by atoms with Gasteiger partial charge in [0.05, 0.1) is 0 Å². The van der Waals surface area contributed by atoms with Gasteiger partial charge in [-0.25, -0.2) is 0 Å². The Morgan fingerprint density at radius 2 is 1.70 bits per heavy atom. The van der Waals surface area contributed by atoms with E-state index in [1.807, 2.05) is 36.4 Å². The van der Waals surface area contributed by atoms with Crippen LogP contribution in [0.15, 0.2) is 48.5 Å². The fraction of sp³-hybridized carbons (Fsp3) is 0.294. The molecule has 0 aliphatic carbocycles. The average molecular weight is 290 g/mol. The summed E-state index contributed by atoms with van der Waals surface area (Å²) in [5.74, 6) is 0.320. The van der Waals surface area contributed by atoms with Gasteiger partial charge >= 0.3 is 0 Å². The van der Waals surface area contributed by atoms with Gasteiger partial charge in [0.2, 0.25) is 0 Å². The SMILES string of the molecule is CCNC(Cc1cccc(O)c1)Cc1cccc(Cl)c1. The lowest BCUT2D eigenvalue weighted by atomic mass is 9.99. The number of phenolic OH excluding ortho intramolecular Hbond substituents is 1. The number of likely N-dealkylation sites (N-methyl/N-ethyl adjacent to an activating group) is 1. The first-order valence-electron chi connectivity index (χ1n) is 6.93. The zero-order valence-electron chi connectivity index (χ0n) is 11.6. The molecule has 0 aliphatic heterocycles. The summed E-state index contributed by atoms with van der Waals surface area (Å²) in [5, 5.41) is 13.8. The number of phenols is 1. The molecule has 0 aliphatic rings. The van der Waals surface area contributed by atoms with E-state index in [0.717, 1.165) is 30.0 Å². The fourth-order valence-corrected chi connectivity index (χ4v) is 2.63. The number of hydrogen-bond acceptors (Lipinski definition) is 2. The molecule has 20 heavy (non-hydrogen) atoms. The molecule has 0 bridgehead atoms. The van der Waals surface area contributed by atoms with E-state index < -0.39 is 0 Å². The first-order chi connectivity index (χ1) is 9.67. The second kappa shape index (κ2) is 7.32. The van der Waals surface area contributed by atoms with Crippen LogP contribution in [0.1, 0.15) is 18.1 Å². The van der Waals surface area contributed by atoms with E-state index in [-0.39, 0.29) is 0 Å². The molecule has 2 rings (SSSR count). The van der Waals surface area contributed by atoms with Gasteiger partial charge in [-0.2, -0.15) is 0 Å². The maximum atomic E-state index is 9.54. The number of rotatable bonds is 6. The van der Waals surface area contributed by atoms with E-state index in [2.05, 4.69) is 18.3 Å². The third-order valence-electron chi connectivity index (χ3n) is 3.26. The molecule has 2 nitrogen and oxygen atoms in total. The van der Waals surface area contributed by atoms with Crippen LogP contribution in [0.4, 0.5) is 0 Å². The standard InChI is InChI=1S/C17H20ClNO/c1-2-19-16(10-13-5-3-7-15(18)9-13)11-14-6-4-8-17(20)12-14/h3-9,12,16,19-20H,2,10-11H2,1H3. The molecule has 0 radical (unpaired) electrons. The average Bonchev–Trinajstić information content (AvgIpc) is 2.39. The molecule has 2 aromatic carbocycles. The lowest BCUT2D eigenvalue weighted by Crippen LogP contribution is -2.33. The van der Waals surface area contributed by atoms with E-state index in [4.69, 9.17) is 11.6 Å². The summed E-state index contributed by atoms with van der Waals surface area (Å²) >= 11 is 6.03. The zero-order chi connectivity index (χ0) is 14.4. The largest absolute Gasteiger partial charge is 0.508 e. The van der Waals surface area contributed by atoms with E-state index in [1.165, 1.54) is 5.56 Å². The van der Waals surface area contributed by atoms with Gasteiger partial charge in [-0.15, -0.1) is 0 Å². The molecule has 0 fully saturated rings. The Morgan fingerprint density at radius 3 is 2.30 bits per heavy atom. The van der Waals surface area contributed by atoms with Gasteiger partial charge in [-0.05, 0) is 54.8 Å². The van der Waals surface area contributed by atoms with Crippen LogP contribution < -0.4 is 5.32 Å². The zero-order valence-corrected chi connectivity index (χ0v) is 12.4. The van der Waals surface area contributed by atoms with E-state index in [0.29, 0.717) is 11.8 Å². The number of halogens is 1. The van der Waals surface area contributed by atoms with E-state index >= 15 is 0 Å². The number of nitrogens with one attached hydrogen (secondary N) is 1. The predicted molar refractivity (Wildman–Crippen MR) is 84.4 cm³/mol. The van der Waals surface area contributed by atoms with Gasteiger partial charge in [0.25, 0.3) is 0 Å². The minimum atomic E-state index is 0.320. The Labute approximate surface area is 125 Å². The maximum absolute atomic E-state index is 9.54. The van der Waals surface area contributed by atoms with E-state index in [1.54, 1.807) is 6.07 Å². The van der Waals surface area contributed by atoms with Crippen LogP contribution in [0.5, 0.6) is 5.75 Å². The molecule has 0 saturated heterocycles. The third kappa shape index (κ3) is 4.55. The van der Waals surface area contributed by atoms with Crippen LogP contribution in [0, 0.1) is 0 Å². The van der Waals surface area contributed by atoms with Gasteiger partial charge in [0, 0.05) is 11.1 Å². The quantitative estimate of drug-likeness (QED) is 0.847. The Balaban J connectivity index is 2.07. The van der Waals surface area contributed by atoms with Crippen LogP contribution in [0.3, 0.4) is 0 Å². The highest BCUT2D eigenvalue weighted by Crippen LogP contribution is 2.16. The fourth-order valence-electron chi connectivity index (χ4n) is 2.42. The van der Waals surface area contributed by atoms with Crippen molar-refractivity contribution in [1.29, 1.82) is 0 Å². The first kappa shape index (κ1) is 14.9. The smallest absolute Gasteiger partial charge is 0.115 e. The number of aromatic hydroxyl groups is 1. The highest BCUT2D eigenvalue weighted by Gasteiger charge is 2.10. The molecule has 1 unspecified atom stereocenters.